The second kappa shape index (κ2) is 14.7. The SMILES string of the molecule is CCCCCCOC(=O)COC(=O)c1ccccc1C(=O)OCCCCCC. The summed E-state index contributed by atoms with van der Waals surface area (Å²) in [4.78, 5) is 36.2. The van der Waals surface area contributed by atoms with Crippen LogP contribution in [0.3, 0.4) is 0 Å². The third kappa shape index (κ3) is 9.53. The summed E-state index contributed by atoms with van der Waals surface area (Å²) in [6.07, 6.45) is 7.96. The molecular weight excluding hydrogens is 360 g/mol. The number of esters is 3. The molecule has 0 bridgehead atoms. The van der Waals surface area contributed by atoms with E-state index in [2.05, 4.69) is 13.8 Å². The lowest BCUT2D eigenvalue weighted by Crippen LogP contribution is -2.19. The van der Waals surface area contributed by atoms with Crippen molar-refractivity contribution >= 4 is 17.9 Å². The summed E-state index contributed by atoms with van der Waals surface area (Å²) < 4.78 is 15.3. The molecule has 0 unspecified atom stereocenters. The highest BCUT2D eigenvalue weighted by atomic mass is 16.6. The molecule has 0 N–H and O–H groups in total. The highest BCUT2D eigenvalue weighted by molar-refractivity contribution is 6.03. The molecule has 0 aliphatic heterocycles. The number of carbonyl (C=O) groups excluding carboxylic acids is 3. The fourth-order valence-corrected chi connectivity index (χ4v) is 2.57. The van der Waals surface area contributed by atoms with Crippen LogP contribution in [-0.2, 0) is 19.0 Å². The first-order chi connectivity index (χ1) is 13.6. The van der Waals surface area contributed by atoms with Crippen LogP contribution < -0.4 is 0 Å². The Balaban J connectivity index is 2.46. The first kappa shape index (κ1) is 23.7. The van der Waals surface area contributed by atoms with Crippen molar-refractivity contribution in [1.29, 1.82) is 0 Å². The van der Waals surface area contributed by atoms with Crippen molar-refractivity contribution in [2.75, 3.05) is 19.8 Å². The number of carbonyl (C=O) groups is 3. The molecule has 1 rings (SSSR count). The molecule has 0 saturated carbocycles. The van der Waals surface area contributed by atoms with E-state index in [1.165, 1.54) is 12.1 Å². The van der Waals surface area contributed by atoms with Gasteiger partial charge < -0.3 is 14.2 Å². The molecule has 0 radical (unpaired) electrons. The van der Waals surface area contributed by atoms with E-state index in [1.54, 1.807) is 12.1 Å². The van der Waals surface area contributed by atoms with Gasteiger partial charge in [0.2, 0.25) is 0 Å². The summed E-state index contributed by atoms with van der Waals surface area (Å²) >= 11 is 0. The zero-order valence-electron chi connectivity index (χ0n) is 17.0. The summed E-state index contributed by atoms with van der Waals surface area (Å²) in [6.45, 7) is 4.36. The average molecular weight is 392 g/mol. The quantitative estimate of drug-likeness (QED) is 0.259. The second-order valence-electron chi connectivity index (χ2n) is 6.60. The van der Waals surface area contributed by atoms with Crippen molar-refractivity contribution in [2.24, 2.45) is 0 Å². The zero-order valence-corrected chi connectivity index (χ0v) is 17.0. The fraction of sp³-hybridized carbons (Fsp3) is 0.591. The van der Waals surface area contributed by atoms with Gasteiger partial charge in [-0.25, -0.2) is 14.4 Å². The molecule has 1 aromatic rings. The molecule has 1 aromatic carbocycles. The second-order valence-corrected chi connectivity index (χ2v) is 6.60. The Morgan fingerprint density at radius 3 is 1.71 bits per heavy atom. The molecule has 0 aliphatic carbocycles. The van der Waals surface area contributed by atoms with Crippen molar-refractivity contribution in [2.45, 2.75) is 65.2 Å². The lowest BCUT2D eigenvalue weighted by Gasteiger charge is -2.10. The van der Waals surface area contributed by atoms with Crippen LogP contribution in [0.1, 0.15) is 85.9 Å². The molecule has 0 saturated heterocycles. The highest BCUT2D eigenvalue weighted by Gasteiger charge is 2.20. The Labute approximate surface area is 167 Å². The van der Waals surface area contributed by atoms with Crippen LogP contribution in [0.4, 0.5) is 0 Å². The zero-order chi connectivity index (χ0) is 20.6. The summed E-state index contributed by atoms with van der Waals surface area (Å²) in [7, 11) is 0. The van der Waals surface area contributed by atoms with Crippen LogP contribution in [0.15, 0.2) is 24.3 Å². The molecular formula is C22H32O6. The fourth-order valence-electron chi connectivity index (χ4n) is 2.57. The minimum atomic E-state index is -0.749. The maximum Gasteiger partial charge on any atom is 0.344 e. The number of benzene rings is 1. The molecule has 156 valence electrons. The van der Waals surface area contributed by atoms with Crippen molar-refractivity contribution in [3.05, 3.63) is 35.4 Å². The van der Waals surface area contributed by atoms with Gasteiger partial charge in [-0.05, 0) is 25.0 Å². The first-order valence-corrected chi connectivity index (χ1v) is 10.2. The van der Waals surface area contributed by atoms with Gasteiger partial charge in [0, 0.05) is 0 Å². The Morgan fingerprint density at radius 2 is 1.18 bits per heavy atom. The number of rotatable bonds is 14. The summed E-state index contributed by atoms with van der Waals surface area (Å²) in [5.41, 5.74) is 0.215. The smallest absolute Gasteiger partial charge is 0.344 e. The first-order valence-electron chi connectivity index (χ1n) is 10.2. The van der Waals surface area contributed by atoms with Crippen molar-refractivity contribution in [3.63, 3.8) is 0 Å². The minimum Gasteiger partial charge on any atom is -0.463 e. The molecule has 6 nitrogen and oxygen atoms in total. The Morgan fingerprint density at radius 1 is 0.679 bits per heavy atom. The van der Waals surface area contributed by atoms with E-state index >= 15 is 0 Å². The number of ether oxygens (including phenoxy) is 3. The monoisotopic (exact) mass is 392 g/mol. The van der Waals surface area contributed by atoms with E-state index in [-0.39, 0.29) is 11.1 Å². The Bertz CT molecular complexity index is 611. The molecule has 0 atom stereocenters. The predicted octanol–water partition coefficient (Wildman–Crippen LogP) is 4.70. The third-order valence-corrected chi connectivity index (χ3v) is 4.18. The Hall–Kier alpha value is -2.37. The molecule has 28 heavy (non-hydrogen) atoms. The van der Waals surface area contributed by atoms with Gasteiger partial charge >= 0.3 is 17.9 Å². The molecule has 0 fully saturated rings. The average Bonchev–Trinajstić information content (AvgIpc) is 2.71. The molecule has 0 heterocycles. The topological polar surface area (TPSA) is 78.9 Å². The maximum absolute atomic E-state index is 12.3. The largest absolute Gasteiger partial charge is 0.463 e. The van der Waals surface area contributed by atoms with Crippen LogP contribution >= 0.6 is 0 Å². The standard InChI is InChI=1S/C22H32O6/c1-3-5-7-11-15-26-20(23)17-28-22(25)19-14-10-9-13-18(19)21(24)27-16-12-8-6-4-2/h9-10,13-14H,3-8,11-12,15-17H2,1-2H3. The van der Waals surface area contributed by atoms with E-state index in [0.717, 1.165) is 51.4 Å². The van der Waals surface area contributed by atoms with E-state index in [0.29, 0.717) is 13.2 Å². The Kier molecular flexibility index (Phi) is 12.4. The van der Waals surface area contributed by atoms with Crippen LogP contribution in [0.5, 0.6) is 0 Å². The predicted molar refractivity (Wildman–Crippen MR) is 106 cm³/mol. The number of hydrogen-bond donors (Lipinski definition) is 0. The molecule has 0 spiro atoms. The normalized spacial score (nSPS) is 10.4. The summed E-state index contributed by atoms with van der Waals surface area (Å²) in [5.74, 6) is -1.91. The van der Waals surface area contributed by atoms with Gasteiger partial charge in [0.05, 0.1) is 24.3 Å². The van der Waals surface area contributed by atoms with E-state index < -0.39 is 24.5 Å². The number of hydrogen-bond acceptors (Lipinski definition) is 6. The van der Waals surface area contributed by atoms with Crippen LogP contribution in [0.25, 0.3) is 0 Å². The van der Waals surface area contributed by atoms with E-state index in [1.807, 2.05) is 0 Å². The van der Waals surface area contributed by atoms with Gasteiger partial charge in [-0.3, -0.25) is 0 Å². The van der Waals surface area contributed by atoms with Gasteiger partial charge in [-0.1, -0.05) is 64.5 Å². The summed E-state index contributed by atoms with van der Waals surface area (Å²) in [5, 5.41) is 0. The summed E-state index contributed by atoms with van der Waals surface area (Å²) in [6, 6.07) is 6.26. The van der Waals surface area contributed by atoms with Crippen LogP contribution in [-0.4, -0.2) is 37.7 Å². The minimum absolute atomic E-state index is 0.0804. The van der Waals surface area contributed by atoms with Gasteiger partial charge in [0.25, 0.3) is 0 Å². The third-order valence-electron chi connectivity index (χ3n) is 4.18. The molecule has 0 aromatic heterocycles. The molecule has 6 heteroatoms. The van der Waals surface area contributed by atoms with Gasteiger partial charge in [-0.15, -0.1) is 0 Å². The lowest BCUT2D eigenvalue weighted by atomic mass is 10.1. The van der Waals surface area contributed by atoms with E-state index in [9.17, 15) is 14.4 Å². The van der Waals surface area contributed by atoms with Gasteiger partial charge in [-0.2, -0.15) is 0 Å². The number of unbranched alkanes of at least 4 members (excludes halogenated alkanes) is 6. The maximum atomic E-state index is 12.3. The van der Waals surface area contributed by atoms with Crippen molar-refractivity contribution in [1.82, 2.24) is 0 Å². The van der Waals surface area contributed by atoms with Crippen LogP contribution in [0.2, 0.25) is 0 Å². The van der Waals surface area contributed by atoms with Crippen LogP contribution in [0, 0.1) is 0 Å². The highest BCUT2D eigenvalue weighted by Crippen LogP contribution is 2.13. The molecule has 0 aliphatic rings. The lowest BCUT2D eigenvalue weighted by molar-refractivity contribution is -0.147. The van der Waals surface area contributed by atoms with Gasteiger partial charge in [0.1, 0.15) is 0 Å². The van der Waals surface area contributed by atoms with Crippen molar-refractivity contribution in [3.8, 4) is 0 Å². The van der Waals surface area contributed by atoms with Crippen molar-refractivity contribution < 1.29 is 28.6 Å². The molecule has 0 amide bonds. The van der Waals surface area contributed by atoms with E-state index in [4.69, 9.17) is 14.2 Å². The van der Waals surface area contributed by atoms with Gasteiger partial charge in [0.15, 0.2) is 6.61 Å².